The van der Waals surface area contributed by atoms with Gasteiger partial charge in [0.2, 0.25) is 11.8 Å². The molecule has 1 heterocycles. The van der Waals surface area contributed by atoms with Gasteiger partial charge in [0, 0.05) is 31.2 Å². The molecule has 0 aromatic carbocycles. The normalized spacial score (nSPS) is 19.0. The van der Waals surface area contributed by atoms with Gasteiger partial charge in [-0.3, -0.25) is 14.3 Å². The second kappa shape index (κ2) is 11.3. The first-order valence-corrected chi connectivity index (χ1v) is 7.94. The van der Waals surface area contributed by atoms with Crippen LogP contribution in [0.5, 0.6) is 0 Å². The van der Waals surface area contributed by atoms with Crippen molar-refractivity contribution in [3.05, 3.63) is 12.4 Å². The van der Waals surface area contributed by atoms with Gasteiger partial charge in [0.1, 0.15) is 6.54 Å². The second-order valence-electron chi connectivity index (χ2n) is 6.34. The van der Waals surface area contributed by atoms with Crippen LogP contribution < -0.4 is 16.4 Å². The molecule has 1 aliphatic carbocycles. The van der Waals surface area contributed by atoms with Crippen molar-refractivity contribution in [2.75, 3.05) is 32.5 Å². The van der Waals surface area contributed by atoms with Gasteiger partial charge >= 0.3 is 0 Å². The lowest BCUT2D eigenvalue weighted by Gasteiger charge is -2.10. The average Bonchev–Trinajstić information content (AvgIpc) is 3.07. The highest BCUT2D eigenvalue weighted by Crippen LogP contribution is 2.25. The number of halogens is 2. The van der Waals surface area contributed by atoms with E-state index in [1.807, 2.05) is 19.0 Å². The van der Waals surface area contributed by atoms with Crippen LogP contribution >= 0.6 is 24.8 Å². The Bertz CT molecular complexity index is 552. The van der Waals surface area contributed by atoms with E-state index in [-0.39, 0.29) is 55.1 Å². The van der Waals surface area contributed by atoms with Crippen molar-refractivity contribution >= 4 is 42.3 Å². The van der Waals surface area contributed by atoms with Crippen molar-refractivity contribution in [3.63, 3.8) is 0 Å². The molecule has 10 heteroatoms. The quantitative estimate of drug-likeness (QED) is 0.623. The van der Waals surface area contributed by atoms with E-state index in [1.165, 1.54) is 4.68 Å². The Balaban J connectivity index is 0.00000288. The van der Waals surface area contributed by atoms with Crippen LogP contribution in [0.25, 0.3) is 0 Å². The number of likely N-dealkylation sites (N-methyl/N-ethyl adjacent to an activating group) is 1. The predicted molar refractivity (Wildman–Crippen MR) is 102 cm³/mol. The standard InChI is InChI=1S/C15H26N6O2.2ClH/c1-20(2)6-5-17-14(22)10-21-9-13(8-18-21)19-15(23)11-3-4-12(16)7-11;;/h8-9,11-12H,3-7,10,16H2,1-2H3,(H,17,22)(H,19,23);2*1H. The highest BCUT2D eigenvalue weighted by molar-refractivity contribution is 5.92. The van der Waals surface area contributed by atoms with Crippen LogP contribution in [0.1, 0.15) is 19.3 Å². The number of amides is 2. The Morgan fingerprint density at radius 1 is 1.36 bits per heavy atom. The Hall–Kier alpha value is -1.35. The summed E-state index contributed by atoms with van der Waals surface area (Å²) < 4.78 is 1.51. The fourth-order valence-electron chi connectivity index (χ4n) is 2.64. The largest absolute Gasteiger partial charge is 0.353 e. The van der Waals surface area contributed by atoms with Crippen LogP contribution in [-0.4, -0.2) is 59.7 Å². The zero-order chi connectivity index (χ0) is 16.8. The predicted octanol–water partition coefficient (Wildman–Crippen LogP) is 0.470. The van der Waals surface area contributed by atoms with Crippen LogP contribution in [-0.2, 0) is 16.1 Å². The number of anilines is 1. The number of carbonyl (C=O) groups is 2. The van der Waals surface area contributed by atoms with Crippen LogP contribution in [0.3, 0.4) is 0 Å². The van der Waals surface area contributed by atoms with E-state index < -0.39 is 0 Å². The van der Waals surface area contributed by atoms with Crippen LogP contribution in [0.4, 0.5) is 5.69 Å². The fraction of sp³-hybridized carbons (Fsp3) is 0.667. The molecule has 1 aromatic rings. The van der Waals surface area contributed by atoms with Crippen molar-refractivity contribution < 1.29 is 9.59 Å². The van der Waals surface area contributed by atoms with Crippen molar-refractivity contribution in [1.29, 1.82) is 0 Å². The molecule has 144 valence electrons. The molecule has 0 radical (unpaired) electrons. The topological polar surface area (TPSA) is 105 Å². The summed E-state index contributed by atoms with van der Waals surface area (Å²) in [7, 11) is 3.90. The molecule has 8 nitrogen and oxygen atoms in total. The van der Waals surface area contributed by atoms with Crippen molar-refractivity contribution in [2.24, 2.45) is 11.7 Å². The van der Waals surface area contributed by atoms with Gasteiger partial charge in [0.05, 0.1) is 11.9 Å². The molecule has 1 aliphatic rings. The highest BCUT2D eigenvalue weighted by atomic mass is 35.5. The number of carbonyl (C=O) groups excluding carboxylic acids is 2. The van der Waals surface area contributed by atoms with E-state index in [1.54, 1.807) is 12.4 Å². The SMILES string of the molecule is CN(C)CCNC(=O)Cn1cc(NC(=O)C2CCC(N)C2)cn1.Cl.Cl. The van der Waals surface area contributed by atoms with Crippen molar-refractivity contribution in [2.45, 2.75) is 31.8 Å². The monoisotopic (exact) mass is 394 g/mol. The molecule has 2 unspecified atom stereocenters. The van der Waals surface area contributed by atoms with E-state index in [9.17, 15) is 9.59 Å². The third kappa shape index (κ3) is 8.04. The number of hydrogen-bond acceptors (Lipinski definition) is 5. The van der Waals surface area contributed by atoms with Gasteiger partial charge in [0.15, 0.2) is 0 Å². The minimum absolute atomic E-state index is 0. The van der Waals surface area contributed by atoms with Crippen LogP contribution in [0.15, 0.2) is 12.4 Å². The maximum Gasteiger partial charge on any atom is 0.241 e. The molecule has 1 saturated carbocycles. The number of nitrogens with zero attached hydrogens (tertiary/aromatic N) is 3. The zero-order valence-electron chi connectivity index (χ0n) is 14.6. The van der Waals surface area contributed by atoms with Crippen molar-refractivity contribution in [3.8, 4) is 0 Å². The van der Waals surface area contributed by atoms with E-state index in [0.29, 0.717) is 12.2 Å². The van der Waals surface area contributed by atoms with Gasteiger partial charge in [-0.2, -0.15) is 5.10 Å². The molecule has 2 atom stereocenters. The Morgan fingerprint density at radius 2 is 2.08 bits per heavy atom. The summed E-state index contributed by atoms with van der Waals surface area (Å²) in [5.41, 5.74) is 6.44. The third-order valence-corrected chi connectivity index (χ3v) is 3.93. The van der Waals surface area contributed by atoms with Gasteiger partial charge in [-0.1, -0.05) is 0 Å². The number of hydrogen-bond donors (Lipinski definition) is 3. The van der Waals surface area contributed by atoms with E-state index in [4.69, 9.17) is 5.73 Å². The minimum Gasteiger partial charge on any atom is -0.353 e. The van der Waals surface area contributed by atoms with Gasteiger partial charge in [-0.05, 0) is 33.4 Å². The van der Waals surface area contributed by atoms with Crippen LogP contribution in [0, 0.1) is 5.92 Å². The molecule has 4 N–H and O–H groups in total. The minimum atomic E-state index is -0.102. The molecule has 0 saturated heterocycles. The highest BCUT2D eigenvalue weighted by Gasteiger charge is 2.27. The first-order chi connectivity index (χ1) is 10.9. The summed E-state index contributed by atoms with van der Waals surface area (Å²) in [6.45, 7) is 1.52. The first-order valence-electron chi connectivity index (χ1n) is 7.94. The molecule has 1 fully saturated rings. The first kappa shape index (κ1) is 23.6. The number of rotatable bonds is 7. The Kier molecular flexibility index (Phi) is 10.7. The number of nitrogens with one attached hydrogen (secondary N) is 2. The van der Waals surface area contributed by atoms with Crippen molar-refractivity contribution in [1.82, 2.24) is 20.0 Å². The zero-order valence-corrected chi connectivity index (χ0v) is 16.2. The lowest BCUT2D eigenvalue weighted by Crippen LogP contribution is -2.33. The van der Waals surface area contributed by atoms with Crippen LogP contribution in [0.2, 0.25) is 0 Å². The number of nitrogens with two attached hydrogens (primary N) is 1. The molecule has 0 spiro atoms. The lowest BCUT2D eigenvalue weighted by molar-refractivity contribution is -0.122. The van der Waals surface area contributed by atoms with E-state index >= 15 is 0 Å². The summed E-state index contributed by atoms with van der Waals surface area (Å²) in [5.74, 6) is -0.148. The second-order valence-corrected chi connectivity index (χ2v) is 6.34. The lowest BCUT2D eigenvalue weighted by atomic mass is 10.1. The molecular weight excluding hydrogens is 367 g/mol. The maximum atomic E-state index is 12.1. The summed E-state index contributed by atoms with van der Waals surface area (Å²) in [4.78, 5) is 25.9. The van der Waals surface area contributed by atoms with Gasteiger partial charge in [0.25, 0.3) is 0 Å². The smallest absolute Gasteiger partial charge is 0.241 e. The summed E-state index contributed by atoms with van der Waals surface area (Å²) in [6.07, 6.45) is 5.67. The molecule has 2 amide bonds. The number of aromatic nitrogens is 2. The summed E-state index contributed by atoms with van der Waals surface area (Å²) in [6, 6.07) is 0.124. The van der Waals surface area contributed by atoms with Gasteiger partial charge in [-0.25, -0.2) is 0 Å². The average molecular weight is 395 g/mol. The van der Waals surface area contributed by atoms with E-state index in [0.717, 1.165) is 25.8 Å². The molecule has 25 heavy (non-hydrogen) atoms. The Labute approximate surface area is 160 Å². The Morgan fingerprint density at radius 3 is 2.68 bits per heavy atom. The van der Waals surface area contributed by atoms with Gasteiger partial charge < -0.3 is 21.3 Å². The van der Waals surface area contributed by atoms with E-state index in [2.05, 4.69) is 15.7 Å². The summed E-state index contributed by atoms with van der Waals surface area (Å²) in [5, 5.41) is 9.76. The molecular formula is C15H28Cl2N6O2. The molecule has 1 aromatic heterocycles. The maximum absolute atomic E-state index is 12.1. The third-order valence-electron chi connectivity index (χ3n) is 3.93. The molecule has 2 rings (SSSR count). The summed E-state index contributed by atoms with van der Waals surface area (Å²) >= 11 is 0. The van der Waals surface area contributed by atoms with Gasteiger partial charge in [-0.15, -0.1) is 24.8 Å². The fourth-order valence-corrected chi connectivity index (χ4v) is 2.64. The molecule has 0 aliphatic heterocycles. The molecule has 0 bridgehead atoms.